The fourth-order valence-corrected chi connectivity index (χ4v) is 2.81. The third-order valence-electron chi connectivity index (χ3n) is 4.09. The second kappa shape index (κ2) is 6.88. The van der Waals surface area contributed by atoms with Gasteiger partial charge in [-0.05, 0) is 36.8 Å². The number of nitrogens with one attached hydrogen (secondary N) is 1. The molecule has 24 heavy (non-hydrogen) atoms. The molecule has 6 heteroatoms. The van der Waals surface area contributed by atoms with Crippen LogP contribution in [0, 0.1) is 12.7 Å². The molecule has 1 saturated heterocycles. The summed E-state index contributed by atoms with van der Waals surface area (Å²) in [6.45, 7) is 4.88. The summed E-state index contributed by atoms with van der Waals surface area (Å²) in [5, 5.41) is 2.71. The maximum absolute atomic E-state index is 13.8. The Morgan fingerprint density at radius 1 is 1.25 bits per heavy atom. The van der Waals surface area contributed by atoms with Gasteiger partial charge in [0.2, 0.25) is 0 Å². The van der Waals surface area contributed by atoms with Crippen molar-refractivity contribution in [3.05, 3.63) is 53.3 Å². The molecule has 0 aliphatic carbocycles. The highest BCUT2D eigenvalue weighted by molar-refractivity contribution is 6.06. The molecule has 3 rings (SSSR count). The van der Waals surface area contributed by atoms with E-state index in [1.807, 2.05) is 19.1 Å². The van der Waals surface area contributed by atoms with Crippen molar-refractivity contribution in [3.8, 4) is 0 Å². The predicted octanol–water partition coefficient (Wildman–Crippen LogP) is 2.81. The SMILES string of the molecule is Cc1cc(N)c(NC(=O)c2ccccc2F)cc1N1CCOCC1. The molecule has 0 unspecified atom stereocenters. The molecule has 2 aromatic rings. The zero-order chi connectivity index (χ0) is 17.1. The van der Waals surface area contributed by atoms with Gasteiger partial charge in [-0.15, -0.1) is 0 Å². The van der Waals surface area contributed by atoms with Crippen LogP contribution < -0.4 is 16.0 Å². The quantitative estimate of drug-likeness (QED) is 0.850. The van der Waals surface area contributed by atoms with E-state index in [0.717, 1.165) is 24.3 Å². The molecule has 1 fully saturated rings. The number of nitrogens with zero attached hydrogens (tertiary/aromatic N) is 1. The molecule has 0 radical (unpaired) electrons. The second-order valence-electron chi connectivity index (χ2n) is 5.76. The van der Waals surface area contributed by atoms with Crippen LogP contribution in [-0.4, -0.2) is 32.2 Å². The van der Waals surface area contributed by atoms with Crippen LogP contribution in [0.25, 0.3) is 0 Å². The molecule has 2 aromatic carbocycles. The lowest BCUT2D eigenvalue weighted by molar-refractivity contribution is 0.102. The third-order valence-corrected chi connectivity index (χ3v) is 4.09. The van der Waals surface area contributed by atoms with Gasteiger partial charge in [0.15, 0.2) is 0 Å². The topological polar surface area (TPSA) is 67.6 Å². The van der Waals surface area contributed by atoms with Crippen LogP contribution >= 0.6 is 0 Å². The average molecular weight is 329 g/mol. The first-order chi connectivity index (χ1) is 11.6. The Labute approximate surface area is 140 Å². The molecule has 3 N–H and O–H groups in total. The zero-order valence-corrected chi connectivity index (χ0v) is 13.5. The Balaban J connectivity index is 1.87. The molecular formula is C18H20FN3O2. The minimum absolute atomic E-state index is 0.00889. The molecule has 126 valence electrons. The smallest absolute Gasteiger partial charge is 0.258 e. The molecule has 1 heterocycles. The van der Waals surface area contributed by atoms with Crippen LogP contribution in [0.15, 0.2) is 36.4 Å². The summed E-state index contributed by atoms with van der Waals surface area (Å²) < 4.78 is 19.1. The largest absolute Gasteiger partial charge is 0.397 e. The van der Waals surface area contributed by atoms with Gasteiger partial charge in [-0.2, -0.15) is 0 Å². The van der Waals surface area contributed by atoms with Gasteiger partial charge >= 0.3 is 0 Å². The normalized spacial score (nSPS) is 14.5. The highest BCUT2D eigenvalue weighted by atomic mass is 19.1. The summed E-state index contributed by atoms with van der Waals surface area (Å²) in [4.78, 5) is 14.5. The maximum atomic E-state index is 13.8. The van der Waals surface area contributed by atoms with E-state index >= 15 is 0 Å². The lowest BCUT2D eigenvalue weighted by atomic mass is 10.1. The van der Waals surface area contributed by atoms with Crippen molar-refractivity contribution in [3.63, 3.8) is 0 Å². The number of benzene rings is 2. The fraction of sp³-hybridized carbons (Fsp3) is 0.278. The van der Waals surface area contributed by atoms with Gasteiger partial charge in [0.25, 0.3) is 5.91 Å². The van der Waals surface area contributed by atoms with E-state index < -0.39 is 11.7 Å². The highest BCUT2D eigenvalue weighted by Crippen LogP contribution is 2.30. The van der Waals surface area contributed by atoms with E-state index in [1.54, 1.807) is 12.1 Å². The van der Waals surface area contributed by atoms with Gasteiger partial charge in [-0.1, -0.05) is 12.1 Å². The summed E-state index contributed by atoms with van der Waals surface area (Å²) in [5.74, 6) is -1.08. The van der Waals surface area contributed by atoms with Crippen LogP contribution in [-0.2, 0) is 4.74 Å². The number of amides is 1. The molecule has 0 bridgehead atoms. The minimum Gasteiger partial charge on any atom is -0.397 e. The van der Waals surface area contributed by atoms with Crippen molar-refractivity contribution in [1.29, 1.82) is 0 Å². The monoisotopic (exact) mass is 329 g/mol. The highest BCUT2D eigenvalue weighted by Gasteiger charge is 2.17. The summed E-state index contributed by atoms with van der Waals surface area (Å²) in [6.07, 6.45) is 0. The predicted molar refractivity (Wildman–Crippen MR) is 93.0 cm³/mol. The zero-order valence-electron chi connectivity index (χ0n) is 13.5. The second-order valence-corrected chi connectivity index (χ2v) is 5.76. The van der Waals surface area contributed by atoms with Gasteiger partial charge in [0.05, 0.1) is 30.2 Å². The fourth-order valence-electron chi connectivity index (χ4n) is 2.81. The summed E-state index contributed by atoms with van der Waals surface area (Å²) >= 11 is 0. The number of hydrogen-bond donors (Lipinski definition) is 2. The molecule has 0 saturated carbocycles. The van der Waals surface area contributed by atoms with Crippen LogP contribution in [0.1, 0.15) is 15.9 Å². The van der Waals surface area contributed by atoms with Crippen LogP contribution in [0.4, 0.5) is 21.5 Å². The van der Waals surface area contributed by atoms with E-state index in [1.165, 1.54) is 12.1 Å². The maximum Gasteiger partial charge on any atom is 0.258 e. The van der Waals surface area contributed by atoms with Gasteiger partial charge in [-0.3, -0.25) is 4.79 Å². The van der Waals surface area contributed by atoms with Crippen molar-refractivity contribution in [2.24, 2.45) is 0 Å². The molecule has 1 amide bonds. The molecule has 0 spiro atoms. The molecule has 0 atom stereocenters. The van der Waals surface area contributed by atoms with Crippen molar-refractivity contribution in [2.75, 3.05) is 42.3 Å². The van der Waals surface area contributed by atoms with Crippen LogP contribution in [0.3, 0.4) is 0 Å². The van der Waals surface area contributed by atoms with Crippen LogP contribution in [0.2, 0.25) is 0 Å². The number of halogens is 1. The number of rotatable bonds is 3. The average Bonchev–Trinajstić information content (AvgIpc) is 2.58. The van der Waals surface area contributed by atoms with E-state index in [-0.39, 0.29) is 5.56 Å². The number of carbonyl (C=O) groups is 1. The van der Waals surface area contributed by atoms with E-state index in [4.69, 9.17) is 10.5 Å². The first kappa shape index (κ1) is 16.3. The standard InChI is InChI=1S/C18H20FN3O2/c1-12-10-15(20)16(11-17(12)22-6-8-24-9-7-22)21-18(23)13-4-2-3-5-14(13)19/h2-5,10-11H,6-9,20H2,1H3,(H,21,23). The number of nitrogens with two attached hydrogens (primary N) is 1. The number of morpholine rings is 1. The van der Waals surface area contributed by atoms with Crippen molar-refractivity contribution >= 4 is 23.0 Å². The first-order valence-corrected chi connectivity index (χ1v) is 7.85. The van der Waals surface area contributed by atoms with Crippen molar-refractivity contribution < 1.29 is 13.9 Å². The van der Waals surface area contributed by atoms with Gasteiger partial charge in [-0.25, -0.2) is 4.39 Å². The van der Waals surface area contributed by atoms with Gasteiger partial charge in [0.1, 0.15) is 5.82 Å². The Kier molecular flexibility index (Phi) is 4.66. The molecular weight excluding hydrogens is 309 g/mol. The lowest BCUT2D eigenvalue weighted by Crippen LogP contribution is -2.36. The molecule has 0 aromatic heterocycles. The van der Waals surface area contributed by atoms with E-state index in [2.05, 4.69) is 10.2 Å². The third kappa shape index (κ3) is 3.33. The van der Waals surface area contributed by atoms with E-state index in [0.29, 0.717) is 24.6 Å². The first-order valence-electron chi connectivity index (χ1n) is 7.85. The summed E-state index contributed by atoms with van der Waals surface area (Å²) in [5.41, 5.74) is 8.98. The Hall–Kier alpha value is -2.60. The summed E-state index contributed by atoms with van der Waals surface area (Å²) in [6, 6.07) is 9.53. The number of aryl methyl sites for hydroxylation is 1. The Morgan fingerprint density at radius 3 is 2.67 bits per heavy atom. The Bertz CT molecular complexity index is 758. The number of ether oxygens (including phenoxy) is 1. The molecule has 1 aliphatic rings. The van der Waals surface area contributed by atoms with Gasteiger partial charge < -0.3 is 20.7 Å². The van der Waals surface area contributed by atoms with E-state index in [9.17, 15) is 9.18 Å². The summed E-state index contributed by atoms with van der Waals surface area (Å²) in [7, 11) is 0. The minimum atomic E-state index is -0.561. The lowest BCUT2D eigenvalue weighted by Gasteiger charge is -2.30. The van der Waals surface area contributed by atoms with Gasteiger partial charge in [0, 0.05) is 18.8 Å². The molecule has 1 aliphatic heterocycles. The molecule has 5 nitrogen and oxygen atoms in total. The Morgan fingerprint density at radius 2 is 1.96 bits per heavy atom. The van der Waals surface area contributed by atoms with Crippen LogP contribution in [0.5, 0.6) is 0 Å². The number of carbonyl (C=O) groups excluding carboxylic acids is 1. The number of anilines is 3. The van der Waals surface area contributed by atoms with Crippen molar-refractivity contribution in [1.82, 2.24) is 0 Å². The van der Waals surface area contributed by atoms with Crippen molar-refractivity contribution in [2.45, 2.75) is 6.92 Å². The number of hydrogen-bond acceptors (Lipinski definition) is 4. The number of nitrogen functional groups attached to an aromatic ring is 1.